The number of hydrogen-bond acceptors (Lipinski definition) is 6. The first-order valence-corrected chi connectivity index (χ1v) is 8.43. The molecule has 1 fully saturated rings. The number of aromatic nitrogens is 3. The number of nitrogens with zero attached hydrogens (tertiary/aromatic N) is 3. The third kappa shape index (κ3) is 4.88. The zero-order chi connectivity index (χ0) is 18.4. The first-order chi connectivity index (χ1) is 12.6. The minimum Gasteiger partial charge on any atom is -0.352 e. The Morgan fingerprint density at radius 2 is 2.04 bits per heavy atom. The SMILES string of the molecule is NC(=O)NCC(=O)N[C@H]1CC[C@H](Nc2nccc(-c3cccnc3)n2)C1. The average molecular weight is 355 g/mol. The summed E-state index contributed by atoms with van der Waals surface area (Å²) in [5, 5.41) is 8.49. The maximum atomic E-state index is 11.7. The number of anilines is 1. The van der Waals surface area contributed by atoms with Crippen molar-refractivity contribution in [2.75, 3.05) is 11.9 Å². The number of rotatable bonds is 6. The largest absolute Gasteiger partial charge is 0.352 e. The number of primary amides is 1. The second-order valence-electron chi connectivity index (χ2n) is 6.14. The van der Waals surface area contributed by atoms with E-state index in [1.54, 1.807) is 18.6 Å². The molecule has 1 saturated carbocycles. The lowest BCUT2D eigenvalue weighted by Gasteiger charge is -2.15. The summed E-state index contributed by atoms with van der Waals surface area (Å²) < 4.78 is 0. The topological polar surface area (TPSA) is 135 Å². The Morgan fingerprint density at radius 3 is 2.81 bits per heavy atom. The number of nitrogens with one attached hydrogen (secondary N) is 3. The molecule has 0 aliphatic heterocycles. The predicted octanol–water partition coefficient (Wildman–Crippen LogP) is 0.656. The standard InChI is InChI=1S/C17H21N7O2/c18-16(26)21-10-15(25)22-12-3-4-13(8-12)23-17-20-7-5-14(24-17)11-2-1-6-19-9-11/h1-2,5-7,9,12-13H,3-4,8,10H2,(H,22,25)(H3,18,21,26)(H,20,23,24)/t12-,13-/m0/s1. The van der Waals surface area contributed by atoms with Crippen LogP contribution < -0.4 is 21.7 Å². The van der Waals surface area contributed by atoms with E-state index in [9.17, 15) is 9.59 Å². The van der Waals surface area contributed by atoms with Crippen LogP contribution in [0.15, 0.2) is 36.8 Å². The van der Waals surface area contributed by atoms with Gasteiger partial charge in [-0.1, -0.05) is 0 Å². The summed E-state index contributed by atoms with van der Waals surface area (Å²) >= 11 is 0. The number of hydrogen-bond donors (Lipinski definition) is 4. The Bertz CT molecular complexity index is 769. The number of nitrogens with two attached hydrogens (primary N) is 1. The van der Waals surface area contributed by atoms with Gasteiger partial charge < -0.3 is 21.7 Å². The van der Waals surface area contributed by atoms with Gasteiger partial charge in [-0.15, -0.1) is 0 Å². The van der Waals surface area contributed by atoms with E-state index < -0.39 is 6.03 Å². The molecule has 2 aromatic heterocycles. The lowest BCUT2D eigenvalue weighted by Crippen LogP contribution is -2.42. The fourth-order valence-corrected chi connectivity index (χ4v) is 2.98. The molecule has 9 heteroatoms. The van der Waals surface area contributed by atoms with Gasteiger partial charge in [-0.2, -0.15) is 0 Å². The molecule has 9 nitrogen and oxygen atoms in total. The monoisotopic (exact) mass is 355 g/mol. The number of carbonyl (C=O) groups excluding carboxylic acids is 2. The summed E-state index contributed by atoms with van der Waals surface area (Å²) in [5.74, 6) is 0.308. The van der Waals surface area contributed by atoms with Gasteiger partial charge >= 0.3 is 6.03 Å². The summed E-state index contributed by atoms with van der Waals surface area (Å²) in [5.41, 5.74) is 6.68. The normalized spacial score (nSPS) is 18.9. The van der Waals surface area contributed by atoms with Crippen molar-refractivity contribution in [1.29, 1.82) is 0 Å². The van der Waals surface area contributed by atoms with Crippen LogP contribution in [0.2, 0.25) is 0 Å². The molecule has 0 spiro atoms. The minimum absolute atomic E-state index is 0.0520. The molecule has 1 aliphatic carbocycles. The average Bonchev–Trinajstić information content (AvgIpc) is 3.07. The van der Waals surface area contributed by atoms with Gasteiger partial charge in [0.05, 0.1) is 12.2 Å². The maximum absolute atomic E-state index is 11.7. The summed E-state index contributed by atoms with van der Waals surface area (Å²) in [4.78, 5) is 35.3. The van der Waals surface area contributed by atoms with E-state index in [1.165, 1.54) is 0 Å². The molecule has 26 heavy (non-hydrogen) atoms. The predicted molar refractivity (Wildman–Crippen MR) is 96.0 cm³/mol. The first-order valence-electron chi connectivity index (χ1n) is 8.43. The van der Waals surface area contributed by atoms with Crippen LogP contribution in [0.3, 0.4) is 0 Å². The van der Waals surface area contributed by atoms with E-state index in [2.05, 4.69) is 30.9 Å². The highest BCUT2D eigenvalue weighted by atomic mass is 16.2. The molecule has 0 radical (unpaired) electrons. The number of pyridine rings is 1. The molecule has 2 aromatic rings. The fraction of sp³-hybridized carbons (Fsp3) is 0.353. The second kappa shape index (κ2) is 8.24. The van der Waals surface area contributed by atoms with E-state index >= 15 is 0 Å². The molecule has 136 valence electrons. The quantitative estimate of drug-likeness (QED) is 0.601. The van der Waals surface area contributed by atoms with Crippen molar-refractivity contribution in [2.24, 2.45) is 5.73 Å². The van der Waals surface area contributed by atoms with Crippen LogP contribution in [0.4, 0.5) is 10.7 Å². The number of urea groups is 1. The number of amides is 3. The Morgan fingerprint density at radius 1 is 1.19 bits per heavy atom. The highest BCUT2D eigenvalue weighted by Gasteiger charge is 2.26. The van der Waals surface area contributed by atoms with Crippen LogP contribution >= 0.6 is 0 Å². The van der Waals surface area contributed by atoms with E-state index in [-0.39, 0.29) is 24.5 Å². The molecule has 0 aromatic carbocycles. The van der Waals surface area contributed by atoms with Crippen molar-refractivity contribution in [3.63, 3.8) is 0 Å². The molecule has 2 heterocycles. The number of carbonyl (C=O) groups is 2. The van der Waals surface area contributed by atoms with Gasteiger partial charge in [0.15, 0.2) is 0 Å². The second-order valence-corrected chi connectivity index (χ2v) is 6.14. The van der Waals surface area contributed by atoms with Gasteiger partial charge in [0, 0.05) is 36.2 Å². The van der Waals surface area contributed by atoms with E-state index in [4.69, 9.17) is 5.73 Å². The van der Waals surface area contributed by atoms with Crippen LogP contribution in [0.25, 0.3) is 11.3 Å². The minimum atomic E-state index is -0.711. The summed E-state index contributed by atoms with van der Waals surface area (Å²) in [7, 11) is 0. The molecule has 2 atom stereocenters. The van der Waals surface area contributed by atoms with Crippen LogP contribution in [-0.4, -0.2) is 45.5 Å². The van der Waals surface area contributed by atoms with Gasteiger partial charge in [0.25, 0.3) is 0 Å². The molecule has 0 unspecified atom stereocenters. The van der Waals surface area contributed by atoms with E-state index in [0.29, 0.717) is 5.95 Å². The third-order valence-corrected chi connectivity index (χ3v) is 4.17. The van der Waals surface area contributed by atoms with Crippen LogP contribution in [0.1, 0.15) is 19.3 Å². The van der Waals surface area contributed by atoms with Crippen molar-refractivity contribution in [3.8, 4) is 11.3 Å². The highest BCUT2D eigenvalue weighted by Crippen LogP contribution is 2.23. The Kier molecular flexibility index (Phi) is 5.57. The summed E-state index contributed by atoms with van der Waals surface area (Å²) in [6, 6.07) is 5.16. The van der Waals surface area contributed by atoms with Gasteiger partial charge in [0.1, 0.15) is 0 Å². The highest BCUT2D eigenvalue weighted by molar-refractivity contribution is 5.83. The van der Waals surface area contributed by atoms with Crippen molar-refractivity contribution < 1.29 is 9.59 Å². The third-order valence-electron chi connectivity index (χ3n) is 4.17. The Balaban J connectivity index is 1.53. The summed E-state index contributed by atoms with van der Waals surface area (Å²) in [6.45, 7) is -0.111. The Hall–Kier alpha value is -3.23. The van der Waals surface area contributed by atoms with Crippen molar-refractivity contribution in [3.05, 3.63) is 36.8 Å². The molecule has 3 rings (SSSR count). The van der Waals surface area contributed by atoms with Crippen molar-refractivity contribution in [1.82, 2.24) is 25.6 Å². The fourth-order valence-electron chi connectivity index (χ4n) is 2.98. The zero-order valence-electron chi connectivity index (χ0n) is 14.2. The molecular formula is C17H21N7O2. The van der Waals surface area contributed by atoms with Crippen molar-refractivity contribution in [2.45, 2.75) is 31.3 Å². The van der Waals surface area contributed by atoms with Gasteiger partial charge in [0.2, 0.25) is 11.9 Å². The first kappa shape index (κ1) is 17.6. The van der Waals surface area contributed by atoms with Gasteiger partial charge in [-0.25, -0.2) is 14.8 Å². The lowest BCUT2D eigenvalue weighted by atomic mass is 10.2. The molecule has 1 aliphatic rings. The molecule has 0 bridgehead atoms. The maximum Gasteiger partial charge on any atom is 0.312 e. The molecule has 3 amide bonds. The van der Waals surface area contributed by atoms with E-state index in [0.717, 1.165) is 30.5 Å². The summed E-state index contributed by atoms with van der Waals surface area (Å²) in [6.07, 6.45) is 7.70. The van der Waals surface area contributed by atoms with Crippen LogP contribution in [-0.2, 0) is 4.79 Å². The lowest BCUT2D eigenvalue weighted by molar-refractivity contribution is -0.120. The molecule has 0 saturated heterocycles. The van der Waals surface area contributed by atoms with Gasteiger partial charge in [-0.3, -0.25) is 9.78 Å². The van der Waals surface area contributed by atoms with Crippen LogP contribution in [0.5, 0.6) is 0 Å². The molecular weight excluding hydrogens is 334 g/mol. The van der Waals surface area contributed by atoms with Gasteiger partial charge in [-0.05, 0) is 37.5 Å². The molecule has 5 N–H and O–H groups in total. The van der Waals surface area contributed by atoms with E-state index in [1.807, 2.05) is 18.2 Å². The van der Waals surface area contributed by atoms with Crippen LogP contribution in [0, 0.1) is 0 Å². The zero-order valence-corrected chi connectivity index (χ0v) is 14.2. The smallest absolute Gasteiger partial charge is 0.312 e. The van der Waals surface area contributed by atoms with Crippen molar-refractivity contribution >= 4 is 17.9 Å². The Labute approximate surface area is 150 Å².